The van der Waals surface area contributed by atoms with Gasteiger partial charge >= 0.3 is 0 Å². The van der Waals surface area contributed by atoms with Crippen LogP contribution in [0.3, 0.4) is 0 Å². The molecule has 1 aliphatic rings. The maximum absolute atomic E-state index is 5.81. The fourth-order valence-electron chi connectivity index (χ4n) is 1.75. The molecule has 82 valence electrons. The molecule has 0 fully saturated rings. The van der Waals surface area contributed by atoms with E-state index in [0.29, 0.717) is 0 Å². The summed E-state index contributed by atoms with van der Waals surface area (Å²) in [6, 6.07) is 5.91. The monoisotopic (exact) mass is 208 g/mol. The zero-order valence-corrected chi connectivity index (χ0v) is 9.37. The Labute approximate surface area is 90.0 Å². The molecule has 1 heterocycles. The third-order valence-corrected chi connectivity index (χ3v) is 2.88. The van der Waals surface area contributed by atoms with Gasteiger partial charge in [-0.3, -0.25) is 0 Å². The van der Waals surface area contributed by atoms with Crippen molar-refractivity contribution in [1.82, 2.24) is 0 Å². The zero-order chi connectivity index (χ0) is 10.9. The minimum atomic E-state index is -0.501. The molecule has 0 aliphatic carbocycles. The van der Waals surface area contributed by atoms with Crippen LogP contribution in [0, 0.1) is 0 Å². The minimum absolute atomic E-state index is 0.501. The van der Waals surface area contributed by atoms with E-state index in [0.717, 1.165) is 24.3 Å². The van der Waals surface area contributed by atoms with Crippen LogP contribution in [-0.4, -0.2) is 20.0 Å². The first kappa shape index (κ1) is 10.3. The van der Waals surface area contributed by atoms with Gasteiger partial charge in [0.1, 0.15) is 11.5 Å². The fourth-order valence-corrected chi connectivity index (χ4v) is 1.75. The summed E-state index contributed by atoms with van der Waals surface area (Å²) in [4.78, 5) is 0. The van der Waals surface area contributed by atoms with Crippen LogP contribution >= 0.6 is 0 Å². The number of hydrogen-bond acceptors (Lipinski definition) is 3. The van der Waals surface area contributed by atoms with E-state index in [4.69, 9.17) is 14.2 Å². The van der Waals surface area contributed by atoms with Crippen molar-refractivity contribution in [3.05, 3.63) is 23.8 Å². The van der Waals surface area contributed by atoms with E-state index >= 15 is 0 Å². The van der Waals surface area contributed by atoms with E-state index in [-0.39, 0.29) is 0 Å². The van der Waals surface area contributed by atoms with Gasteiger partial charge in [0.2, 0.25) is 5.79 Å². The predicted molar refractivity (Wildman–Crippen MR) is 57.4 cm³/mol. The van der Waals surface area contributed by atoms with Crippen LogP contribution in [0.5, 0.6) is 11.5 Å². The van der Waals surface area contributed by atoms with Crippen molar-refractivity contribution in [2.75, 3.05) is 14.2 Å². The number of benzene rings is 1. The van der Waals surface area contributed by atoms with E-state index < -0.39 is 5.79 Å². The fraction of sp³-hybridized carbons (Fsp3) is 0.500. The summed E-state index contributed by atoms with van der Waals surface area (Å²) in [6.07, 6.45) is 1.85. The van der Waals surface area contributed by atoms with Gasteiger partial charge in [0.15, 0.2) is 0 Å². The molecular weight excluding hydrogens is 192 g/mol. The highest BCUT2D eigenvalue weighted by atomic mass is 16.7. The van der Waals surface area contributed by atoms with Crippen molar-refractivity contribution in [2.45, 2.75) is 25.6 Å². The average Bonchev–Trinajstić information content (AvgIpc) is 2.28. The number of ether oxygens (including phenoxy) is 3. The van der Waals surface area contributed by atoms with Crippen molar-refractivity contribution < 1.29 is 14.2 Å². The first-order valence-corrected chi connectivity index (χ1v) is 5.08. The Kier molecular flexibility index (Phi) is 2.57. The molecule has 0 saturated heterocycles. The van der Waals surface area contributed by atoms with Gasteiger partial charge in [0.05, 0.1) is 7.11 Å². The van der Waals surface area contributed by atoms with Gasteiger partial charge in [-0.25, -0.2) is 0 Å². The molecule has 0 N–H and O–H groups in total. The van der Waals surface area contributed by atoms with Crippen LogP contribution in [0.25, 0.3) is 0 Å². The van der Waals surface area contributed by atoms with Crippen LogP contribution in [-0.2, 0) is 11.2 Å². The molecule has 0 saturated carbocycles. The molecular formula is C12H16O3. The maximum Gasteiger partial charge on any atom is 0.207 e. The summed E-state index contributed by atoms with van der Waals surface area (Å²) in [6.45, 7) is 1.95. The second-order valence-electron chi connectivity index (χ2n) is 3.91. The SMILES string of the molecule is COc1ccc2c(c1)OC(C)(OC)CC2. The van der Waals surface area contributed by atoms with Crippen LogP contribution in [0.1, 0.15) is 18.9 Å². The van der Waals surface area contributed by atoms with Crippen molar-refractivity contribution in [3.8, 4) is 11.5 Å². The number of aryl methyl sites for hydroxylation is 1. The zero-order valence-electron chi connectivity index (χ0n) is 9.37. The van der Waals surface area contributed by atoms with Crippen molar-refractivity contribution in [3.63, 3.8) is 0 Å². The molecule has 0 aromatic heterocycles. The predicted octanol–water partition coefficient (Wildman–Crippen LogP) is 2.38. The van der Waals surface area contributed by atoms with Gasteiger partial charge in [-0.05, 0) is 18.1 Å². The maximum atomic E-state index is 5.81. The normalized spacial score (nSPS) is 24.2. The molecule has 0 amide bonds. The van der Waals surface area contributed by atoms with E-state index in [1.165, 1.54) is 5.56 Å². The lowest BCUT2D eigenvalue weighted by molar-refractivity contribution is -0.160. The number of fused-ring (bicyclic) bond motifs is 1. The van der Waals surface area contributed by atoms with Crippen molar-refractivity contribution >= 4 is 0 Å². The van der Waals surface area contributed by atoms with Crippen LogP contribution in [0.15, 0.2) is 18.2 Å². The Bertz CT molecular complexity index is 362. The molecule has 1 aliphatic heterocycles. The Balaban J connectivity index is 2.31. The van der Waals surface area contributed by atoms with E-state index in [2.05, 4.69) is 0 Å². The summed E-state index contributed by atoms with van der Waals surface area (Å²) >= 11 is 0. The summed E-state index contributed by atoms with van der Waals surface area (Å²) in [5.74, 6) is 1.18. The van der Waals surface area contributed by atoms with Gasteiger partial charge < -0.3 is 14.2 Å². The lowest BCUT2D eigenvalue weighted by Gasteiger charge is -2.34. The third kappa shape index (κ3) is 1.92. The molecule has 15 heavy (non-hydrogen) atoms. The molecule has 3 heteroatoms. The van der Waals surface area contributed by atoms with Gasteiger partial charge in [-0.1, -0.05) is 6.07 Å². The molecule has 1 unspecified atom stereocenters. The Hall–Kier alpha value is -1.22. The molecule has 3 nitrogen and oxygen atoms in total. The van der Waals surface area contributed by atoms with Gasteiger partial charge in [-0.15, -0.1) is 0 Å². The van der Waals surface area contributed by atoms with Gasteiger partial charge in [-0.2, -0.15) is 0 Å². The molecule has 1 aromatic carbocycles. The number of hydrogen-bond donors (Lipinski definition) is 0. The standard InChI is InChI=1S/C12H16O3/c1-12(14-3)7-6-9-4-5-10(13-2)8-11(9)15-12/h4-5,8H,6-7H2,1-3H3. The van der Waals surface area contributed by atoms with E-state index in [1.54, 1.807) is 14.2 Å². The third-order valence-electron chi connectivity index (χ3n) is 2.88. The first-order valence-electron chi connectivity index (χ1n) is 5.08. The summed E-state index contributed by atoms with van der Waals surface area (Å²) in [5.41, 5.74) is 1.21. The van der Waals surface area contributed by atoms with Gasteiger partial charge in [0, 0.05) is 26.5 Å². The topological polar surface area (TPSA) is 27.7 Å². The molecule has 0 spiro atoms. The second-order valence-corrected chi connectivity index (χ2v) is 3.91. The minimum Gasteiger partial charge on any atom is -0.497 e. The van der Waals surface area contributed by atoms with E-state index in [9.17, 15) is 0 Å². The summed E-state index contributed by atoms with van der Waals surface area (Å²) in [5, 5.41) is 0. The number of rotatable bonds is 2. The van der Waals surface area contributed by atoms with E-state index in [1.807, 2.05) is 25.1 Å². The molecule has 2 rings (SSSR count). The van der Waals surface area contributed by atoms with Gasteiger partial charge in [0.25, 0.3) is 0 Å². The summed E-state index contributed by atoms with van der Waals surface area (Å²) < 4.78 is 16.3. The quantitative estimate of drug-likeness (QED) is 0.746. The Morgan fingerprint density at radius 1 is 1.33 bits per heavy atom. The smallest absolute Gasteiger partial charge is 0.207 e. The van der Waals surface area contributed by atoms with Crippen LogP contribution < -0.4 is 9.47 Å². The lowest BCUT2D eigenvalue weighted by Crippen LogP contribution is -2.38. The van der Waals surface area contributed by atoms with Crippen LogP contribution in [0.4, 0.5) is 0 Å². The Morgan fingerprint density at radius 3 is 2.80 bits per heavy atom. The molecule has 1 atom stereocenters. The highest BCUT2D eigenvalue weighted by Gasteiger charge is 2.31. The first-order chi connectivity index (χ1) is 7.17. The molecule has 0 radical (unpaired) electrons. The largest absolute Gasteiger partial charge is 0.497 e. The van der Waals surface area contributed by atoms with Crippen molar-refractivity contribution in [1.29, 1.82) is 0 Å². The molecule has 0 bridgehead atoms. The number of methoxy groups -OCH3 is 2. The Morgan fingerprint density at radius 2 is 2.13 bits per heavy atom. The molecule has 1 aromatic rings. The average molecular weight is 208 g/mol. The lowest BCUT2D eigenvalue weighted by atomic mass is 10.0. The second kappa shape index (κ2) is 3.74. The van der Waals surface area contributed by atoms with Crippen LogP contribution in [0.2, 0.25) is 0 Å². The highest BCUT2D eigenvalue weighted by Crippen LogP contribution is 2.35. The summed E-state index contributed by atoms with van der Waals surface area (Å²) in [7, 11) is 3.32. The van der Waals surface area contributed by atoms with Crippen molar-refractivity contribution in [2.24, 2.45) is 0 Å². The highest BCUT2D eigenvalue weighted by molar-refractivity contribution is 5.42.